The molecule has 1 unspecified atom stereocenters. The zero-order chi connectivity index (χ0) is 13.3. The minimum atomic E-state index is -0.551. The summed E-state index contributed by atoms with van der Waals surface area (Å²) in [5, 5.41) is 3.33. The van der Waals surface area contributed by atoms with Crippen LogP contribution in [0.1, 0.15) is 47.5 Å². The first kappa shape index (κ1) is 16.8. The summed E-state index contributed by atoms with van der Waals surface area (Å²) in [6.45, 7) is 10.5. The van der Waals surface area contributed by atoms with Crippen molar-refractivity contribution in [1.29, 1.82) is 0 Å². The van der Waals surface area contributed by atoms with Gasteiger partial charge in [-0.2, -0.15) is 11.8 Å². The van der Waals surface area contributed by atoms with Crippen LogP contribution < -0.4 is 5.32 Å². The topological polar surface area (TPSA) is 38.3 Å². The first-order chi connectivity index (χ1) is 7.96. The fourth-order valence-electron chi connectivity index (χ4n) is 1.68. The highest BCUT2D eigenvalue weighted by Crippen LogP contribution is 2.17. The van der Waals surface area contributed by atoms with Crippen molar-refractivity contribution in [3.05, 3.63) is 0 Å². The van der Waals surface area contributed by atoms with Gasteiger partial charge in [-0.3, -0.25) is 10.1 Å². The number of hydrogen-bond acceptors (Lipinski definition) is 4. The molecule has 0 aromatic heterocycles. The van der Waals surface area contributed by atoms with E-state index in [0.717, 1.165) is 17.9 Å². The molecule has 17 heavy (non-hydrogen) atoms. The summed E-state index contributed by atoms with van der Waals surface area (Å²) in [5.41, 5.74) is -0.551. The number of hydrogen-bond donors (Lipinski definition) is 1. The molecule has 0 aliphatic rings. The van der Waals surface area contributed by atoms with E-state index in [-0.39, 0.29) is 12.0 Å². The van der Waals surface area contributed by atoms with Crippen LogP contribution in [0.2, 0.25) is 0 Å². The maximum absolute atomic E-state index is 12.0. The largest absolute Gasteiger partial charge is 0.465 e. The zero-order valence-corrected chi connectivity index (χ0v) is 12.7. The van der Waals surface area contributed by atoms with Gasteiger partial charge in [-0.15, -0.1) is 0 Å². The lowest BCUT2D eigenvalue weighted by atomic mass is 9.98. The SMILES string of the molecule is CCCSCCC(C)(NC(C)C)C(=O)OCC. The molecule has 0 saturated carbocycles. The van der Waals surface area contributed by atoms with E-state index in [2.05, 4.69) is 26.1 Å². The van der Waals surface area contributed by atoms with E-state index in [1.807, 2.05) is 25.6 Å². The van der Waals surface area contributed by atoms with Gasteiger partial charge in [0.05, 0.1) is 6.61 Å². The standard InChI is InChI=1S/C13H27NO2S/c1-6-9-17-10-8-13(5,14-11(3)4)12(15)16-7-2/h11,14H,6-10H2,1-5H3. The fourth-order valence-corrected chi connectivity index (χ4v) is 2.73. The van der Waals surface area contributed by atoms with Gasteiger partial charge in [0.1, 0.15) is 5.54 Å². The molecule has 0 fully saturated rings. The van der Waals surface area contributed by atoms with Crippen molar-refractivity contribution < 1.29 is 9.53 Å². The van der Waals surface area contributed by atoms with E-state index in [1.165, 1.54) is 6.42 Å². The van der Waals surface area contributed by atoms with Gasteiger partial charge in [0.25, 0.3) is 0 Å². The Morgan fingerprint density at radius 2 is 2.00 bits per heavy atom. The fraction of sp³-hybridized carbons (Fsp3) is 0.923. The lowest BCUT2D eigenvalue weighted by molar-refractivity contribution is -0.150. The first-order valence-electron chi connectivity index (χ1n) is 6.49. The van der Waals surface area contributed by atoms with Gasteiger partial charge < -0.3 is 4.74 Å². The van der Waals surface area contributed by atoms with Gasteiger partial charge in [-0.1, -0.05) is 6.92 Å². The van der Waals surface area contributed by atoms with E-state index in [1.54, 1.807) is 0 Å². The Balaban J connectivity index is 4.33. The Bertz CT molecular complexity index is 221. The molecule has 0 aromatic rings. The molecule has 0 spiro atoms. The quantitative estimate of drug-likeness (QED) is 0.511. The van der Waals surface area contributed by atoms with Gasteiger partial charge in [0.15, 0.2) is 0 Å². The molecule has 0 saturated heterocycles. The maximum atomic E-state index is 12.0. The van der Waals surface area contributed by atoms with Gasteiger partial charge >= 0.3 is 5.97 Å². The van der Waals surface area contributed by atoms with Gasteiger partial charge in [0, 0.05) is 6.04 Å². The molecule has 0 aromatic carbocycles. The number of carbonyl (C=O) groups is 1. The molecule has 0 bridgehead atoms. The van der Waals surface area contributed by atoms with Crippen LogP contribution in [0.25, 0.3) is 0 Å². The van der Waals surface area contributed by atoms with Crippen molar-refractivity contribution in [3.8, 4) is 0 Å². The highest BCUT2D eigenvalue weighted by molar-refractivity contribution is 7.99. The highest BCUT2D eigenvalue weighted by Gasteiger charge is 2.34. The summed E-state index contributed by atoms with van der Waals surface area (Å²) < 4.78 is 5.15. The third kappa shape index (κ3) is 6.94. The third-order valence-corrected chi connectivity index (χ3v) is 3.62. The second-order valence-electron chi connectivity index (χ2n) is 4.71. The molecule has 0 amide bonds. The summed E-state index contributed by atoms with van der Waals surface area (Å²) in [6.07, 6.45) is 1.99. The van der Waals surface area contributed by atoms with E-state index in [4.69, 9.17) is 4.74 Å². The first-order valence-corrected chi connectivity index (χ1v) is 7.64. The van der Waals surface area contributed by atoms with Crippen molar-refractivity contribution in [1.82, 2.24) is 5.32 Å². The third-order valence-electron chi connectivity index (χ3n) is 2.43. The Labute approximate surface area is 110 Å². The van der Waals surface area contributed by atoms with Crippen LogP contribution in [-0.4, -0.2) is 35.7 Å². The van der Waals surface area contributed by atoms with Crippen molar-refractivity contribution in [2.75, 3.05) is 18.1 Å². The average molecular weight is 261 g/mol. The van der Waals surface area contributed by atoms with Crippen molar-refractivity contribution in [2.45, 2.75) is 59.0 Å². The molecule has 102 valence electrons. The number of carbonyl (C=O) groups excluding carboxylic acids is 1. The number of thioether (sulfide) groups is 1. The lowest BCUT2D eigenvalue weighted by Gasteiger charge is -2.30. The van der Waals surface area contributed by atoms with Gasteiger partial charge in [-0.25, -0.2) is 0 Å². The van der Waals surface area contributed by atoms with Crippen LogP contribution in [0, 0.1) is 0 Å². The van der Waals surface area contributed by atoms with Crippen molar-refractivity contribution >= 4 is 17.7 Å². The van der Waals surface area contributed by atoms with Gasteiger partial charge in [-0.05, 0) is 52.0 Å². The number of ether oxygens (including phenoxy) is 1. The Morgan fingerprint density at radius 3 is 2.47 bits per heavy atom. The molecule has 4 heteroatoms. The lowest BCUT2D eigenvalue weighted by Crippen LogP contribution is -2.53. The van der Waals surface area contributed by atoms with Crippen LogP contribution in [0.4, 0.5) is 0 Å². The predicted molar refractivity (Wildman–Crippen MR) is 75.5 cm³/mol. The van der Waals surface area contributed by atoms with E-state index in [0.29, 0.717) is 6.61 Å². The predicted octanol–water partition coefficient (Wildman–Crippen LogP) is 2.84. The summed E-state index contributed by atoms with van der Waals surface area (Å²) in [7, 11) is 0. The van der Waals surface area contributed by atoms with E-state index >= 15 is 0 Å². The summed E-state index contributed by atoms with van der Waals surface area (Å²) >= 11 is 1.89. The van der Waals surface area contributed by atoms with E-state index < -0.39 is 5.54 Å². The number of esters is 1. The summed E-state index contributed by atoms with van der Waals surface area (Å²) in [5.74, 6) is 2.01. The maximum Gasteiger partial charge on any atom is 0.326 e. The van der Waals surface area contributed by atoms with E-state index in [9.17, 15) is 4.79 Å². The molecule has 1 atom stereocenters. The molecule has 0 rings (SSSR count). The Kier molecular flexibility index (Phi) is 8.70. The van der Waals surface area contributed by atoms with Crippen molar-refractivity contribution in [3.63, 3.8) is 0 Å². The average Bonchev–Trinajstić information content (AvgIpc) is 2.24. The monoisotopic (exact) mass is 261 g/mol. The van der Waals surface area contributed by atoms with Crippen LogP contribution in [0.5, 0.6) is 0 Å². The zero-order valence-electron chi connectivity index (χ0n) is 11.8. The molecular weight excluding hydrogens is 234 g/mol. The molecule has 0 heterocycles. The molecule has 0 aliphatic heterocycles. The molecule has 3 nitrogen and oxygen atoms in total. The number of nitrogens with one attached hydrogen (secondary N) is 1. The molecule has 0 aliphatic carbocycles. The van der Waals surface area contributed by atoms with Crippen LogP contribution in [-0.2, 0) is 9.53 Å². The number of rotatable bonds is 9. The van der Waals surface area contributed by atoms with Gasteiger partial charge in [0.2, 0.25) is 0 Å². The van der Waals surface area contributed by atoms with Crippen LogP contribution >= 0.6 is 11.8 Å². The highest BCUT2D eigenvalue weighted by atomic mass is 32.2. The Morgan fingerprint density at radius 1 is 1.35 bits per heavy atom. The second-order valence-corrected chi connectivity index (χ2v) is 5.94. The van der Waals surface area contributed by atoms with Crippen molar-refractivity contribution in [2.24, 2.45) is 0 Å². The second kappa shape index (κ2) is 8.81. The molecular formula is C13H27NO2S. The minimum Gasteiger partial charge on any atom is -0.465 e. The molecule has 0 radical (unpaired) electrons. The molecule has 1 N–H and O–H groups in total. The minimum absolute atomic E-state index is 0.134. The summed E-state index contributed by atoms with van der Waals surface area (Å²) in [4.78, 5) is 12.0. The summed E-state index contributed by atoms with van der Waals surface area (Å²) in [6, 6.07) is 0.278. The normalized spacial score (nSPS) is 14.7. The van der Waals surface area contributed by atoms with Crippen LogP contribution in [0.15, 0.2) is 0 Å². The smallest absolute Gasteiger partial charge is 0.326 e. The Hall–Kier alpha value is -0.220. The van der Waals surface area contributed by atoms with Crippen LogP contribution in [0.3, 0.4) is 0 Å².